The fraction of sp³-hybridized carbons (Fsp3) is 0.0714. The molecule has 0 unspecified atom stereocenters. The van der Waals surface area contributed by atoms with Crippen LogP contribution in [0.2, 0.25) is 0 Å². The van der Waals surface area contributed by atoms with Crippen molar-refractivity contribution < 1.29 is 4.74 Å². The van der Waals surface area contributed by atoms with Gasteiger partial charge in [-0.2, -0.15) is 0 Å². The summed E-state index contributed by atoms with van der Waals surface area (Å²) in [6, 6.07) is 16.3. The first-order valence-corrected chi connectivity index (χ1v) is 5.05. The van der Waals surface area contributed by atoms with Crippen LogP contribution in [-0.4, -0.2) is 7.11 Å². The lowest BCUT2D eigenvalue weighted by atomic mass is 10.1. The van der Waals surface area contributed by atoms with Crippen LogP contribution in [0.15, 0.2) is 59.4 Å². The van der Waals surface area contributed by atoms with Crippen LogP contribution in [0, 0.1) is 0 Å². The molecule has 2 rings (SSSR count). The summed E-state index contributed by atoms with van der Waals surface area (Å²) in [4.78, 5) is 11.7. The number of methoxy groups -OCH3 is 1. The maximum Gasteiger partial charge on any atom is 0.186 e. The maximum atomic E-state index is 11.7. The summed E-state index contributed by atoms with van der Waals surface area (Å²) in [7, 11) is 1.62. The Kier molecular flexibility index (Phi) is 3.01. The van der Waals surface area contributed by atoms with Gasteiger partial charge in [0.2, 0.25) is 0 Å². The van der Waals surface area contributed by atoms with Gasteiger partial charge in [-0.05, 0) is 23.8 Å². The molecule has 0 aliphatic carbocycles. The second kappa shape index (κ2) is 4.62. The van der Waals surface area contributed by atoms with Gasteiger partial charge in [0.25, 0.3) is 0 Å². The van der Waals surface area contributed by atoms with Crippen LogP contribution in [0.25, 0.3) is 11.1 Å². The third-order valence-corrected chi connectivity index (χ3v) is 2.40. The first kappa shape index (κ1) is 10.4. The molecular weight excluding hydrogens is 200 g/mol. The van der Waals surface area contributed by atoms with Crippen molar-refractivity contribution in [3.8, 4) is 16.9 Å². The molecule has 2 aromatic rings. The summed E-state index contributed by atoms with van der Waals surface area (Å²) in [5.74, 6) is 0.788. The zero-order chi connectivity index (χ0) is 11.4. The van der Waals surface area contributed by atoms with Crippen LogP contribution in [0.5, 0.6) is 5.75 Å². The SMILES string of the molecule is COc1ccc(-c2cccccc2=O)cc1. The lowest BCUT2D eigenvalue weighted by molar-refractivity contribution is 0.415. The van der Waals surface area contributed by atoms with Gasteiger partial charge in [-0.3, -0.25) is 4.79 Å². The monoisotopic (exact) mass is 212 g/mol. The first-order chi connectivity index (χ1) is 7.81. The maximum absolute atomic E-state index is 11.7. The van der Waals surface area contributed by atoms with E-state index in [-0.39, 0.29) is 5.43 Å². The Morgan fingerprint density at radius 2 is 1.56 bits per heavy atom. The third-order valence-electron chi connectivity index (χ3n) is 2.40. The van der Waals surface area contributed by atoms with E-state index < -0.39 is 0 Å². The molecule has 0 saturated heterocycles. The second-order valence-electron chi connectivity index (χ2n) is 3.42. The topological polar surface area (TPSA) is 26.3 Å². The van der Waals surface area contributed by atoms with E-state index in [9.17, 15) is 4.79 Å². The normalized spacial score (nSPS) is 9.81. The highest BCUT2D eigenvalue weighted by Crippen LogP contribution is 2.18. The molecule has 2 heteroatoms. The average molecular weight is 212 g/mol. The minimum atomic E-state index is 0.0233. The highest BCUT2D eigenvalue weighted by atomic mass is 16.5. The van der Waals surface area contributed by atoms with Crippen LogP contribution >= 0.6 is 0 Å². The molecule has 0 aromatic heterocycles. The fourth-order valence-electron chi connectivity index (χ4n) is 1.54. The smallest absolute Gasteiger partial charge is 0.186 e. The van der Waals surface area contributed by atoms with Gasteiger partial charge in [-0.15, -0.1) is 0 Å². The lowest BCUT2D eigenvalue weighted by Crippen LogP contribution is -1.98. The molecule has 0 fully saturated rings. The van der Waals surface area contributed by atoms with Gasteiger partial charge < -0.3 is 4.74 Å². The van der Waals surface area contributed by atoms with Crippen LogP contribution in [0.4, 0.5) is 0 Å². The number of benzene rings is 1. The van der Waals surface area contributed by atoms with Crippen molar-refractivity contribution in [1.82, 2.24) is 0 Å². The Hall–Kier alpha value is -2.09. The quantitative estimate of drug-likeness (QED) is 0.765. The van der Waals surface area contributed by atoms with Crippen LogP contribution in [0.1, 0.15) is 0 Å². The fourth-order valence-corrected chi connectivity index (χ4v) is 1.54. The highest BCUT2D eigenvalue weighted by Gasteiger charge is 2.00. The molecular formula is C14H12O2. The van der Waals surface area contributed by atoms with Crippen molar-refractivity contribution in [2.45, 2.75) is 0 Å². The van der Waals surface area contributed by atoms with Gasteiger partial charge in [0.1, 0.15) is 5.75 Å². The highest BCUT2D eigenvalue weighted by molar-refractivity contribution is 5.63. The Bertz CT molecular complexity index is 530. The van der Waals surface area contributed by atoms with Crippen LogP contribution < -0.4 is 10.2 Å². The molecule has 0 saturated carbocycles. The third kappa shape index (κ3) is 2.11. The Morgan fingerprint density at radius 3 is 2.25 bits per heavy atom. The lowest BCUT2D eigenvalue weighted by Gasteiger charge is -2.01. The number of rotatable bonds is 2. The summed E-state index contributed by atoms with van der Waals surface area (Å²) in [6.45, 7) is 0. The van der Waals surface area contributed by atoms with E-state index in [0.717, 1.165) is 11.3 Å². The second-order valence-corrected chi connectivity index (χ2v) is 3.42. The first-order valence-electron chi connectivity index (χ1n) is 5.05. The van der Waals surface area contributed by atoms with E-state index in [1.165, 1.54) is 0 Å². The van der Waals surface area contributed by atoms with E-state index in [4.69, 9.17) is 4.74 Å². The molecule has 0 N–H and O–H groups in total. The van der Waals surface area contributed by atoms with E-state index in [2.05, 4.69) is 0 Å². The van der Waals surface area contributed by atoms with Crippen molar-refractivity contribution in [3.63, 3.8) is 0 Å². The van der Waals surface area contributed by atoms with Gasteiger partial charge in [0.05, 0.1) is 7.11 Å². The van der Waals surface area contributed by atoms with E-state index in [1.54, 1.807) is 19.2 Å². The Labute approximate surface area is 94.1 Å². The van der Waals surface area contributed by atoms with Gasteiger partial charge in [-0.1, -0.05) is 36.4 Å². The van der Waals surface area contributed by atoms with Crippen molar-refractivity contribution in [3.05, 3.63) is 64.8 Å². The van der Waals surface area contributed by atoms with E-state index in [1.807, 2.05) is 42.5 Å². The molecule has 0 heterocycles. The van der Waals surface area contributed by atoms with E-state index in [0.29, 0.717) is 5.56 Å². The molecule has 0 bridgehead atoms. The standard InChI is InChI=1S/C14H12O2/c1-16-12-9-7-11(8-10-12)13-5-3-2-4-6-14(13)15/h2-10H,1H3. The summed E-state index contributed by atoms with van der Waals surface area (Å²) in [5, 5.41) is 0. The van der Waals surface area contributed by atoms with Gasteiger partial charge in [-0.25, -0.2) is 0 Å². The van der Waals surface area contributed by atoms with Crippen molar-refractivity contribution >= 4 is 0 Å². The minimum Gasteiger partial charge on any atom is -0.497 e. The molecule has 0 aliphatic heterocycles. The predicted molar refractivity (Wildman–Crippen MR) is 64.7 cm³/mol. The molecule has 0 spiro atoms. The minimum absolute atomic E-state index is 0.0233. The molecule has 80 valence electrons. The zero-order valence-electron chi connectivity index (χ0n) is 9.01. The Morgan fingerprint density at radius 1 is 0.875 bits per heavy atom. The predicted octanol–water partition coefficient (Wildman–Crippen LogP) is 2.72. The number of hydrogen-bond acceptors (Lipinski definition) is 2. The van der Waals surface area contributed by atoms with Crippen molar-refractivity contribution in [2.24, 2.45) is 0 Å². The molecule has 0 amide bonds. The summed E-state index contributed by atoms with van der Waals surface area (Å²) in [6.07, 6.45) is 0. The average Bonchev–Trinajstić information content (AvgIpc) is 2.54. The zero-order valence-corrected chi connectivity index (χ0v) is 9.01. The molecule has 2 aromatic carbocycles. The molecule has 0 radical (unpaired) electrons. The van der Waals surface area contributed by atoms with Crippen LogP contribution in [-0.2, 0) is 0 Å². The summed E-state index contributed by atoms with van der Waals surface area (Å²) < 4.78 is 5.08. The van der Waals surface area contributed by atoms with Crippen molar-refractivity contribution in [2.75, 3.05) is 7.11 Å². The summed E-state index contributed by atoms with van der Waals surface area (Å²) in [5.41, 5.74) is 1.63. The summed E-state index contributed by atoms with van der Waals surface area (Å²) >= 11 is 0. The van der Waals surface area contributed by atoms with Gasteiger partial charge in [0, 0.05) is 5.56 Å². The van der Waals surface area contributed by atoms with Crippen LogP contribution in [0.3, 0.4) is 0 Å². The Balaban J connectivity index is 2.52. The largest absolute Gasteiger partial charge is 0.497 e. The number of hydrogen-bond donors (Lipinski definition) is 0. The van der Waals surface area contributed by atoms with Crippen molar-refractivity contribution in [1.29, 1.82) is 0 Å². The molecule has 16 heavy (non-hydrogen) atoms. The van der Waals surface area contributed by atoms with E-state index >= 15 is 0 Å². The number of ether oxygens (including phenoxy) is 1. The van der Waals surface area contributed by atoms with Gasteiger partial charge in [0.15, 0.2) is 5.43 Å². The van der Waals surface area contributed by atoms with Gasteiger partial charge >= 0.3 is 0 Å². The molecule has 0 aliphatic rings. The molecule has 0 atom stereocenters. The molecule has 2 nitrogen and oxygen atoms in total.